The van der Waals surface area contributed by atoms with E-state index >= 15 is 0 Å². The summed E-state index contributed by atoms with van der Waals surface area (Å²) in [5, 5.41) is 15.4. The molecule has 0 aliphatic carbocycles. The summed E-state index contributed by atoms with van der Waals surface area (Å²) >= 11 is 6.19. The standard InChI is InChI=1S/C23H22ClF2N3O4/c1-12(2)21(30)27-10-13-3-5-17(24)16(7-13)22(31)28-15-4-6-18-14(8-15)9-19(23(32)33)29(18)11-20(25)26/h3-9,12,20H,10-11H2,1-2H3,(H,27,30)(H,28,31)(H,32,33). The van der Waals surface area contributed by atoms with E-state index in [2.05, 4.69) is 10.6 Å². The number of alkyl halides is 2. The number of nitrogens with one attached hydrogen (secondary N) is 2. The normalized spacial score (nSPS) is 11.2. The summed E-state index contributed by atoms with van der Waals surface area (Å²) in [6.07, 6.45) is -2.72. The third-order valence-corrected chi connectivity index (χ3v) is 5.30. The van der Waals surface area contributed by atoms with Crippen LogP contribution >= 0.6 is 11.6 Å². The van der Waals surface area contributed by atoms with Crippen molar-refractivity contribution in [2.24, 2.45) is 5.92 Å². The molecule has 10 heteroatoms. The zero-order valence-corrected chi connectivity index (χ0v) is 18.6. The molecule has 2 amide bonds. The molecule has 174 valence electrons. The van der Waals surface area contributed by atoms with Crippen molar-refractivity contribution in [3.63, 3.8) is 0 Å². The van der Waals surface area contributed by atoms with Crippen LogP contribution in [0.1, 0.15) is 40.3 Å². The molecule has 0 fully saturated rings. The lowest BCUT2D eigenvalue weighted by atomic mass is 10.1. The fourth-order valence-corrected chi connectivity index (χ4v) is 3.51. The number of carbonyl (C=O) groups is 3. The van der Waals surface area contributed by atoms with Gasteiger partial charge in [-0.3, -0.25) is 9.59 Å². The first kappa shape index (κ1) is 24.2. The van der Waals surface area contributed by atoms with E-state index < -0.39 is 24.8 Å². The highest BCUT2D eigenvalue weighted by molar-refractivity contribution is 6.34. The number of carboxylic acids is 1. The van der Waals surface area contributed by atoms with E-state index in [-0.39, 0.29) is 34.6 Å². The molecule has 3 rings (SSSR count). The van der Waals surface area contributed by atoms with Crippen molar-refractivity contribution in [2.75, 3.05) is 5.32 Å². The number of nitrogens with zero attached hydrogens (tertiary/aromatic N) is 1. The molecular formula is C23H22ClF2N3O4. The van der Waals surface area contributed by atoms with Gasteiger partial charge in [-0.2, -0.15) is 0 Å². The molecule has 0 atom stereocenters. The second-order valence-corrected chi connectivity index (χ2v) is 8.16. The highest BCUT2D eigenvalue weighted by Gasteiger charge is 2.19. The third kappa shape index (κ3) is 5.67. The van der Waals surface area contributed by atoms with Gasteiger partial charge in [0.1, 0.15) is 5.69 Å². The fraction of sp³-hybridized carbons (Fsp3) is 0.261. The Hall–Kier alpha value is -3.46. The number of carbonyl (C=O) groups excluding carboxylic acids is 2. The number of hydrogen-bond acceptors (Lipinski definition) is 3. The quantitative estimate of drug-likeness (QED) is 0.434. The van der Waals surface area contributed by atoms with E-state index in [1.807, 2.05) is 0 Å². The van der Waals surface area contributed by atoms with Gasteiger partial charge in [-0.05, 0) is 42.0 Å². The molecule has 3 N–H and O–H groups in total. The number of carboxylic acid groups (broad SMARTS) is 1. The summed E-state index contributed by atoms with van der Waals surface area (Å²) in [4.78, 5) is 36.0. The maximum atomic E-state index is 12.9. The monoisotopic (exact) mass is 477 g/mol. The average Bonchev–Trinajstić information content (AvgIpc) is 3.10. The van der Waals surface area contributed by atoms with Crippen LogP contribution in [0.3, 0.4) is 0 Å². The van der Waals surface area contributed by atoms with Crippen molar-refractivity contribution in [2.45, 2.75) is 33.4 Å². The molecular weight excluding hydrogens is 456 g/mol. The molecule has 2 aromatic carbocycles. The highest BCUT2D eigenvalue weighted by Crippen LogP contribution is 2.26. The summed E-state index contributed by atoms with van der Waals surface area (Å²) in [6.45, 7) is 3.02. The molecule has 0 aliphatic heterocycles. The Labute approximate surface area is 193 Å². The largest absolute Gasteiger partial charge is 0.477 e. The summed E-state index contributed by atoms with van der Waals surface area (Å²) in [5.74, 6) is -2.14. The van der Waals surface area contributed by atoms with Crippen molar-refractivity contribution < 1.29 is 28.3 Å². The van der Waals surface area contributed by atoms with E-state index in [0.29, 0.717) is 22.2 Å². The van der Waals surface area contributed by atoms with Crippen molar-refractivity contribution in [1.82, 2.24) is 9.88 Å². The van der Waals surface area contributed by atoms with Gasteiger partial charge < -0.3 is 20.3 Å². The molecule has 0 unspecified atom stereocenters. The summed E-state index contributed by atoms with van der Waals surface area (Å²) in [5.41, 5.74) is 1.26. The number of amides is 2. The predicted octanol–water partition coefficient (Wildman–Crippen LogP) is 4.78. The van der Waals surface area contributed by atoms with E-state index in [4.69, 9.17) is 11.6 Å². The van der Waals surface area contributed by atoms with Crippen LogP contribution in [-0.4, -0.2) is 33.9 Å². The van der Waals surface area contributed by atoms with Crippen LogP contribution in [0.4, 0.5) is 14.5 Å². The van der Waals surface area contributed by atoms with Gasteiger partial charge in [-0.25, -0.2) is 13.6 Å². The minimum absolute atomic E-state index is 0.122. The average molecular weight is 478 g/mol. The molecule has 0 saturated carbocycles. The van der Waals surface area contributed by atoms with Gasteiger partial charge in [0.05, 0.1) is 17.1 Å². The van der Waals surface area contributed by atoms with E-state index in [0.717, 1.165) is 4.57 Å². The number of benzene rings is 2. The van der Waals surface area contributed by atoms with Gasteiger partial charge in [0.15, 0.2) is 0 Å². The predicted molar refractivity (Wildman–Crippen MR) is 121 cm³/mol. The molecule has 0 aliphatic rings. The lowest BCUT2D eigenvalue weighted by molar-refractivity contribution is -0.124. The van der Waals surface area contributed by atoms with Gasteiger partial charge in [-0.1, -0.05) is 31.5 Å². The number of anilines is 1. The SMILES string of the molecule is CC(C)C(=O)NCc1ccc(Cl)c(C(=O)Nc2ccc3c(c2)cc(C(=O)O)n3CC(F)F)c1. The van der Waals surface area contributed by atoms with Crippen molar-refractivity contribution >= 4 is 46.0 Å². The Morgan fingerprint density at radius 2 is 1.82 bits per heavy atom. The smallest absolute Gasteiger partial charge is 0.352 e. The Kier molecular flexibility index (Phi) is 7.33. The molecule has 0 radical (unpaired) electrons. The van der Waals surface area contributed by atoms with Gasteiger partial charge in [0.25, 0.3) is 12.3 Å². The minimum Gasteiger partial charge on any atom is -0.477 e. The number of aromatic nitrogens is 1. The lowest BCUT2D eigenvalue weighted by Gasteiger charge is -2.11. The van der Waals surface area contributed by atoms with Crippen LogP contribution in [0.5, 0.6) is 0 Å². The van der Waals surface area contributed by atoms with Gasteiger partial charge in [0.2, 0.25) is 5.91 Å². The van der Waals surface area contributed by atoms with E-state index in [1.54, 1.807) is 32.0 Å². The van der Waals surface area contributed by atoms with Crippen LogP contribution in [0.2, 0.25) is 5.02 Å². The van der Waals surface area contributed by atoms with Crippen LogP contribution in [-0.2, 0) is 17.9 Å². The molecule has 1 aromatic heterocycles. The molecule has 33 heavy (non-hydrogen) atoms. The van der Waals surface area contributed by atoms with Crippen LogP contribution < -0.4 is 10.6 Å². The number of hydrogen-bond donors (Lipinski definition) is 3. The first-order chi connectivity index (χ1) is 15.6. The fourth-order valence-electron chi connectivity index (χ4n) is 3.31. The highest BCUT2D eigenvalue weighted by atomic mass is 35.5. The van der Waals surface area contributed by atoms with Crippen molar-refractivity contribution in [3.05, 3.63) is 64.3 Å². The molecule has 0 bridgehead atoms. The van der Waals surface area contributed by atoms with E-state index in [9.17, 15) is 28.3 Å². The van der Waals surface area contributed by atoms with Crippen LogP contribution in [0, 0.1) is 5.92 Å². The molecule has 0 saturated heterocycles. The third-order valence-electron chi connectivity index (χ3n) is 4.97. The summed E-state index contributed by atoms with van der Waals surface area (Å²) < 4.78 is 26.8. The van der Waals surface area contributed by atoms with Gasteiger partial charge in [0, 0.05) is 29.1 Å². The second-order valence-electron chi connectivity index (χ2n) is 7.75. The number of aromatic carboxylic acids is 1. The Bertz CT molecular complexity index is 1220. The Morgan fingerprint density at radius 3 is 2.45 bits per heavy atom. The molecule has 3 aromatic rings. The number of halogens is 3. The maximum Gasteiger partial charge on any atom is 0.352 e. The van der Waals surface area contributed by atoms with E-state index in [1.165, 1.54) is 24.3 Å². The summed E-state index contributed by atoms with van der Waals surface area (Å²) in [6, 6.07) is 10.6. The molecule has 0 spiro atoms. The maximum absolute atomic E-state index is 12.9. The minimum atomic E-state index is -2.72. The molecule has 1 heterocycles. The Morgan fingerprint density at radius 1 is 1.09 bits per heavy atom. The molecule has 7 nitrogen and oxygen atoms in total. The van der Waals surface area contributed by atoms with Gasteiger partial charge >= 0.3 is 5.97 Å². The lowest BCUT2D eigenvalue weighted by Crippen LogP contribution is -2.27. The second kappa shape index (κ2) is 9.99. The van der Waals surface area contributed by atoms with Crippen LogP contribution in [0.25, 0.3) is 10.9 Å². The first-order valence-electron chi connectivity index (χ1n) is 10.1. The first-order valence-corrected chi connectivity index (χ1v) is 10.5. The van der Waals surface area contributed by atoms with Crippen molar-refractivity contribution in [1.29, 1.82) is 0 Å². The zero-order valence-electron chi connectivity index (χ0n) is 17.9. The topological polar surface area (TPSA) is 100 Å². The summed E-state index contributed by atoms with van der Waals surface area (Å²) in [7, 11) is 0. The number of fused-ring (bicyclic) bond motifs is 1. The Balaban J connectivity index is 1.84. The zero-order chi connectivity index (χ0) is 24.3. The van der Waals surface area contributed by atoms with Crippen molar-refractivity contribution in [3.8, 4) is 0 Å². The number of rotatable bonds is 8. The van der Waals surface area contributed by atoms with Gasteiger partial charge in [-0.15, -0.1) is 0 Å². The van der Waals surface area contributed by atoms with Crippen LogP contribution in [0.15, 0.2) is 42.5 Å².